The summed E-state index contributed by atoms with van der Waals surface area (Å²) in [4.78, 5) is 27.4. The van der Waals surface area contributed by atoms with Crippen LogP contribution in [0.1, 0.15) is 35.9 Å². The number of hydrogen-bond acceptors (Lipinski definition) is 5. The molecule has 2 rings (SSSR count). The third kappa shape index (κ3) is 4.01. The summed E-state index contributed by atoms with van der Waals surface area (Å²) < 4.78 is 6.41. The maximum atomic E-state index is 11.9. The second-order valence-corrected chi connectivity index (χ2v) is 5.25. The Morgan fingerprint density at radius 3 is 2.86 bits per heavy atom. The predicted molar refractivity (Wildman–Crippen MR) is 75.7 cm³/mol. The van der Waals surface area contributed by atoms with Crippen molar-refractivity contribution in [3.8, 4) is 0 Å². The third-order valence-corrected chi connectivity index (χ3v) is 2.85. The van der Waals surface area contributed by atoms with E-state index in [1.807, 2.05) is 0 Å². The van der Waals surface area contributed by atoms with Gasteiger partial charge in [-0.2, -0.15) is 4.98 Å². The predicted octanol–water partition coefficient (Wildman–Crippen LogP) is 0.897. The zero-order valence-electron chi connectivity index (χ0n) is 12.3. The Morgan fingerprint density at radius 2 is 2.19 bits per heavy atom. The van der Waals surface area contributed by atoms with Crippen LogP contribution >= 0.6 is 0 Å². The molecule has 1 amide bonds. The normalized spacial score (nSPS) is 10.9. The second-order valence-electron chi connectivity index (χ2n) is 5.25. The van der Waals surface area contributed by atoms with Crippen molar-refractivity contribution in [3.63, 3.8) is 0 Å². The Hall–Kier alpha value is -2.44. The van der Waals surface area contributed by atoms with E-state index in [1.165, 1.54) is 22.9 Å². The van der Waals surface area contributed by atoms with E-state index in [-0.39, 0.29) is 18.0 Å². The van der Waals surface area contributed by atoms with E-state index in [0.29, 0.717) is 23.2 Å². The van der Waals surface area contributed by atoms with Crippen molar-refractivity contribution < 1.29 is 9.32 Å². The van der Waals surface area contributed by atoms with Gasteiger partial charge < -0.3 is 14.4 Å². The number of aryl methyl sites for hydroxylation is 1. The monoisotopic (exact) mass is 290 g/mol. The van der Waals surface area contributed by atoms with E-state index in [1.54, 1.807) is 7.05 Å². The van der Waals surface area contributed by atoms with Crippen molar-refractivity contribution >= 4 is 5.91 Å². The molecule has 0 aliphatic carbocycles. The number of rotatable bonds is 5. The highest BCUT2D eigenvalue weighted by Gasteiger charge is 2.11. The highest BCUT2D eigenvalue weighted by atomic mass is 16.5. The average molecular weight is 290 g/mol. The number of nitrogens with zero attached hydrogens (tertiary/aromatic N) is 3. The molecule has 7 nitrogen and oxygen atoms in total. The molecule has 2 aromatic heterocycles. The molecule has 0 radical (unpaired) electrons. The Labute approximate surface area is 122 Å². The second kappa shape index (κ2) is 6.34. The average Bonchev–Trinajstić information content (AvgIpc) is 2.86. The lowest BCUT2D eigenvalue weighted by Crippen LogP contribution is -2.25. The fourth-order valence-corrected chi connectivity index (χ4v) is 1.80. The van der Waals surface area contributed by atoms with Gasteiger partial charge in [0.2, 0.25) is 11.4 Å². The van der Waals surface area contributed by atoms with Crippen LogP contribution in [-0.4, -0.2) is 20.6 Å². The summed E-state index contributed by atoms with van der Waals surface area (Å²) in [5.41, 5.74) is 0.237. The summed E-state index contributed by atoms with van der Waals surface area (Å²) in [6.45, 7) is 4.29. The fourth-order valence-electron chi connectivity index (χ4n) is 1.80. The fraction of sp³-hybridized carbons (Fsp3) is 0.429. The van der Waals surface area contributed by atoms with Crippen LogP contribution in [-0.2, 0) is 20.0 Å². The molecule has 0 fully saturated rings. The van der Waals surface area contributed by atoms with Crippen LogP contribution < -0.4 is 10.9 Å². The van der Waals surface area contributed by atoms with E-state index in [0.717, 1.165) is 6.42 Å². The largest absolute Gasteiger partial charge is 0.343 e. The molecule has 0 aliphatic heterocycles. The topological polar surface area (TPSA) is 90.0 Å². The first-order chi connectivity index (χ1) is 9.95. The first-order valence-corrected chi connectivity index (χ1v) is 6.72. The molecule has 0 aromatic carbocycles. The third-order valence-electron chi connectivity index (χ3n) is 2.85. The minimum absolute atomic E-state index is 0.159. The molecule has 0 saturated heterocycles. The van der Waals surface area contributed by atoms with E-state index < -0.39 is 0 Å². The number of nitrogens with one attached hydrogen (secondary N) is 1. The van der Waals surface area contributed by atoms with Crippen molar-refractivity contribution in [2.24, 2.45) is 13.0 Å². The Bertz CT molecular complexity index is 688. The first-order valence-electron chi connectivity index (χ1n) is 6.72. The lowest BCUT2D eigenvalue weighted by atomic mass is 10.1. The maximum Gasteiger partial charge on any atom is 0.253 e. The zero-order chi connectivity index (χ0) is 15.4. The van der Waals surface area contributed by atoms with Crippen LogP contribution in [0.2, 0.25) is 0 Å². The number of pyridine rings is 1. The molecule has 0 unspecified atom stereocenters. The summed E-state index contributed by atoms with van der Waals surface area (Å²) in [6, 6.07) is 2.83. The van der Waals surface area contributed by atoms with Crippen molar-refractivity contribution in [2.45, 2.75) is 26.8 Å². The van der Waals surface area contributed by atoms with Gasteiger partial charge in [-0.25, -0.2) is 0 Å². The van der Waals surface area contributed by atoms with Crippen molar-refractivity contribution in [1.82, 2.24) is 20.0 Å². The van der Waals surface area contributed by atoms with Crippen LogP contribution in [0.25, 0.3) is 0 Å². The number of hydrogen-bond donors (Lipinski definition) is 1. The molecule has 112 valence electrons. The van der Waals surface area contributed by atoms with Crippen molar-refractivity contribution in [2.75, 3.05) is 0 Å². The summed E-state index contributed by atoms with van der Waals surface area (Å²) in [6.07, 6.45) is 2.22. The van der Waals surface area contributed by atoms with Crippen molar-refractivity contribution in [1.29, 1.82) is 0 Å². The minimum atomic E-state index is -0.297. The Morgan fingerprint density at radius 1 is 1.43 bits per heavy atom. The number of carbonyl (C=O) groups is 1. The zero-order valence-corrected chi connectivity index (χ0v) is 12.3. The van der Waals surface area contributed by atoms with Crippen LogP contribution in [0.3, 0.4) is 0 Å². The Kier molecular flexibility index (Phi) is 4.52. The molecule has 0 bridgehead atoms. The minimum Gasteiger partial charge on any atom is -0.343 e. The summed E-state index contributed by atoms with van der Waals surface area (Å²) in [5, 5.41) is 6.53. The van der Waals surface area contributed by atoms with Gasteiger partial charge in [0.25, 0.3) is 5.91 Å². The van der Waals surface area contributed by atoms with E-state index in [4.69, 9.17) is 4.52 Å². The van der Waals surface area contributed by atoms with E-state index >= 15 is 0 Å². The summed E-state index contributed by atoms with van der Waals surface area (Å²) in [5.74, 6) is 1.14. The van der Waals surface area contributed by atoms with Gasteiger partial charge in [0.1, 0.15) is 0 Å². The van der Waals surface area contributed by atoms with Gasteiger partial charge in [0.15, 0.2) is 5.82 Å². The van der Waals surface area contributed by atoms with Gasteiger partial charge in [-0.3, -0.25) is 9.59 Å². The Balaban J connectivity index is 1.96. The van der Waals surface area contributed by atoms with Gasteiger partial charge in [-0.1, -0.05) is 19.0 Å². The number of carbonyl (C=O) groups excluding carboxylic acids is 1. The molecule has 1 N–H and O–H groups in total. The molecule has 0 spiro atoms. The van der Waals surface area contributed by atoms with Crippen LogP contribution in [0.4, 0.5) is 0 Å². The lowest BCUT2D eigenvalue weighted by molar-refractivity contribution is 0.0945. The van der Waals surface area contributed by atoms with Crippen LogP contribution in [0.15, 0.2) is 27.6 Å². The molecular weight excluding hydrogens is 272 g/mol. The van der Waals surface area contributed by atoms with E-state index in [9.17, 15) is 9.59 Å². The van der Waals surface area contributed by atoms with Gasteiger partial charge in [-0.05, 0) is 12.0 Å². The van der Waals surface area contributed by atoms with Gasteiger partial charge in [0.05, 0.1) is 12.1 Å². The van der Waals surface area contributed by atoms with Gasteiger partial charge in [0, 0.05) is 25.7 Å². The molecular formula is C14H18N4O3. The maximum absolute atomic E-state index is 11.9. The number of amides is 1. The quantitative estimate of drug-likeness (QED) is 0.883. The highest BCUT2D eigenvalue weighted by molar-refractivity contribution is 5.93. The van der Waals surface area contributed by atoms with Crippen molar-refractivity contribution in [3.05, 3.63) is 46.0 Å². The molecule has 7 heteroatoms. The molecule has 2 aromatic rings. The van der Waals surface area contributed by atoms with Gasteiger partial charge in [-0.15, -0.1) is 0 Å². The standard InChI is InChI=1S/C14H18N4O3/c1-9(2)6-11-16-12(21-17-11)7-15-14(20)10-4-5-13(19)18(3)8-10/h4-5,8-9H,6-7H2,1-3H3,(H,15,20). The smallest absolute Gasteiger partial charge is 0.253 e. The molecule has 2 heterocycles. The van der Waals surface area contributed by atoms with Crippen LogP contribution in [0.5, 0.6) is 0 Å². The SMILES string of the molecule is CC(C)Cc1noc(CNC(=O)c2ccc(=O)n(C)c2)n1. The van der Waals surface area contributed by atoms with Gasteiger partial charge >= 0.3 is 0 Å². The lowest BCUT2D eigenvalue weighted by Gasteiger charge is -2.03. The number of aromatic nitrogens is 3. The van der Waals surface area contributed by atoms with Crippen LogP contribution in [0, 0.1) is 5.92 Å². The molecule has 21 heavy (non-hydrogen) atoms. The molecule has 0 atom stereocenters. The first kappa shape index (κ1) is 15.0. The summed E-state index contributed by atoms with van der Waals surface area (Å²) >= 11 is 0. The molecule has 0 saturated carbocycles. The van der Waals surface area contributed by atoms with E-state index in [2.05, 4.69) is 29.3 Å². The molecule has 0 aliphatic rings. The highest BCUT2D eigenvalue weighted by Crippen LogP contribution is 2.05. The summed E-state index contributed by atoms with van der Waals surface area (Å²) in [7, 11) is 1.59.